The minimum absolute atomic E-state index is 0.0664. The lowest BCUT2D eigenvalue weighted by Gasteiger charge is -2.23. The van der Waals surface area contributed by atoms with Crippen LogP contribution in [-0.4, -0.2) is 41.5 Å². The van der Waals surface area contributed by atoms with E-state index in [1.807, 2.05) is 66.7 Å². The number of Topliss-reactive ketones (excluding diaryl/α,β-unsaturated/α-hetero) is 1. The first-order valence-corrected chi connectivity index (χ1v) is 12.5. The Labute approximate surface area is 227 Å². The van der Waals surface area contributed by atoms with Gasteiger partial charge in [0.15, 0.2) is 0 Å². The first-order valence-electron chi connectivity index (χ1n) is 12.5. The zero-order chi connectivity index (χ0) is 28.0. The predicted molar refractivity (Wildman–Crippen MR) is 146 cm³/mol. The lowest BCUT2D eigenvalue weighted by molar-refractivity contribution is -0.140. The summed E-state index contributed by atoms with van der Waals surface area (Å²) in [5.41, 5.74) is 7.56. The zero-order valence-electron chi connectivity index (χ0n) is 21.3. The average molecular weight is 528 g/mol. The Hall–Kier alpha value is -4.79. The van der Waals surface area contributed by atoms with Crippen molar-refractivity contribution in [2.24, 2.45) is 5.73 Å². The standard InChI is InChI=1S/C30H31N4O5/c31-26(35)19-27(36)33-24(17-16-21-10-4-1-5-11-21)29(38)34-25(18-22-12-6-2-7-13-22)28(37)30(39)32-20-23-14-8-3-9-15-23/h1-15,19,24-25H,16-18,20H2,(H2,31,35)(H,32,39)(H,33,36)(H,34,38)/t24-,25-/m0/s1. The molecule has 1 radical (unpaired) electrons. The fraction of sp³-hybridized carbons (Fsp3) is 0.200. The van der Waals surface area contributed by atoms with E-state index in [9.17, 15) is 24.0 Å². The number of hydrogen-bond donors (Lipinski definition) is 4. The number of primary amides is 1. The summed E-state index contributed by atoms with van der Waals surface area (Å²) in [6, 6.07) is 25.1. The van der Waals surface area contributed by atoms with E-state index < -0.39 is 41.5 Å². The largest absolute Gasteiger partial charge is 0.369 e. The van der Waals surface area contributed by atoms with Gasteiger partial charge in [-0.2, -0.15) is 0 Å². The number of nitrogens with two attached hydrogens (primary N) is 1. The molecule has 39 heavy (non-hydrogen) atoms. The first kappa shape index (κ1) is 28.8. The van der Waals surface area contributed by atoms with E-state index in [0.717, 1.165) is 16.7 Å². The van der Waals surface area contributed by atoms with Crippen LogP contribution in [0.2, 0.25) is 0 Å². The van der Waals surface area contributed by atoms with Crippen molar-refractivity contribution in [2.75, 3.05) is 0 Å². The number of rotatable bonds is 14. The van der Waals surface area contributed by atoms with E-state index in [1.54, 1.807) is 24.3 Å². The molecule has 0 spiro atoms. The number of benzene rings is 3. The third-order valence-electron chi connectivity index (χ3n) is 5.91. The molecule has 4 amide bonds. The van der Waals surface area contributed by atoms with E-state index in [1.165, 1.54) is 0 Å². The van der Waals surface area contributed by atoms with E-state index in [4.69, 9.17) is 5.73 Å². The SMILES string of the molecule is NC(=O)[CH]C(=O)N[C@@H](CCc1ccccc1)C(=O)N[C@@H](Cc1ccccc1)C(=O)C(=O)NCc1ccccc1. The average Bonchev–Trinajstić information content (AvgIpc) is 2.94. The molecule has 0 aliphatic carbocycles. The molecular weight excluding hydrogens is 496 g/mol. The van der Waals surface area contributed by atoms with E-state index >= 15 is 0 Å². The van der Waals surface area contributed by atoms with E-state index in [-0.39, 0.29) is 19.4 Å². The molecule has 3 aromatic carbocycles. The predicted octanol–water partition coefficient (Wildman–Crippen LogP) is 1.41. The molecule has 2 atom stereocenters. The fourth-order valence-corrected chi connectivity index (χ4v) is 3.92. The van der Waals surface area contributed by atoms with Gasteiger partial charge in [0.05, 0.1) is 0 Å². The maximum atomic E-state index is 13.4. The Kier molecular flexibility index (Phi) is 10.9. The van der Waals surface area contributed by atoms with Gasteiger partial charge in [0.2, 0.25) is 23.5 Å². The second kappa shape index (κ2) is 14.8. The molecule has 0 heterocycles. The van der Waals surface area contributed by atoms with Gasteiger partial charge >= 0.3 is 0 Å². The van der Waals surface area contributed by atoms with Gasteiger partial charge in [-0.25, -0.2) is 0 Å². The van der Waals surface area contributed by atoms with Crippen LogP contribution in [0.4, 0.5) is 0 Å². The zero-order valence-corrected chi connectivity index (χ0v) is 21.3. The third-order valence-corrected chi connectivity index (χ3v) is 5.91. The topological polar surface area (TPSA) is 147 Å². The van der Waals surface area contributed by atoms with Gasteiger partial charge in [0.25, 0.3) is 5.91 Å². The Balaban J connectivity index is 1.75. The number of aryl methyl sites for hydroxylation is 1. The van der Waals surface area contributed by atoms with Gasteiger partial charge in [-0.15, -0.1) is 0 Å². The normalized spacial score (nSPS) is 12.0. The Morgan fingerprint density at radius 1 is 0.692 bits per heavy atom. The van der Waals surface area contributed by atoms with Gasteiger partial charge in [-0.3, -0.25) is 24.0 Å². The van der Waals surface area contributed by atoms with Crippen LogP contribution in [-0.2, 0) is 43.4 Å². The van der Waals surface area contributed by atoms with Gasteiger partial charge in [-0.1, -0.05) is 91.0 Å². The molecule has 5 N–H and O–H groups in total. The van der Waals surface area contributed by atoms with Gasteiger partial charge in [0.1, 0.15) is 18.5 Å². The third kappa shape index (κ3) is 9.88. The van der Waals surface area contributed by atoms with Crippen molar-refractivity contribution in [3.8, 4) is 0 Å². The summed E-state index contributed by atoms with van der Waals surface area (Å²) in [7, 11) is 0. The lowest BCUT2D eigenvalue weighted by atomic mass is 10.00. The van der Waals surface area contributed by atoms with Crippen molar-refractivity contribution in [3.63, 3.8) is 0 Å². The number of amides is 4. The Morgan fingerprint density at radius 3 is 1.79 bits per heavy atom. The van der Waals surface area contributed by atoms with Gasteiger partial charge < -0.3 is 21.7 Å². The molecule has 0 unspecified atom stereocenters. The molecule has 0 saturated carbocycles. The Bertz CT molecular complexity index is 1270. The molecule has 0 aliphatic rings. The highest BCUT2D eigenvalue weighted by Crippen LogP contribution is 2.09. The molecule has 0 aliphatic heterocycles. The van der Waals surface area contributed by atoms with Crippen LogP contribution < -0.4 is 21.7 Å². The van der Waals surface area contributed by atoms with Crippen LogP contribution in [0, 0.1) is 6.42 Å². The van der Waals surface area contributed by atoms with Crippen LogP contribution >= 0.6 is 0 Å². The smallest absolute Gasteiger partial charge is 0.289 e. The molecule has 0 saturated heterocycles. The highest BCUT2D eigenvalue weighted by molar-refractivity contribution is 6.38. The summed E-state index contributed by atoms with van der Waals surface area (Å²) < 4.78 is 0. The number of nitrogens with one attached hydrogen (secondary N) is 3. The summed E-state index contributed by atoms with van der Waals surface area (Å²) in [5.74, 6) is -4.11. The lowest BCUT2D eigenvalue weighted by Crippen LogP contribution is -2.55. The minimum atomic E-state index is -1.19. The van der Waals surface area contributed by atoms with E-state index in [0.29, 0.717) is 12.8 Å². The monoisotopic (exact) mass is 527 g/mol. The van der Waals surface area contributed by atoms with Crippen molar-refractivity contribution in [3.05, 3.63) is 114 Å². The maximum Gasteiger partial charge on any atom is 0.289 e. The second-order valence-corrected chi connectivity index (χ2v) is 8.92. The molecule has 9 nitrogen and oxygen atoms in total. The van der Waals surface area contributed by atoms with Crippen molar-refractivity contribution < 1.29 is 24.0 Å². The second-order valence-electron chi connectivity index (χ2n) is 8.92. The minimum Gasteiger partial charge on any atom is -0.369 e. The van der Waals surface area contributed by atoms with Crippen LogP contribution in [0.15, 0.2) is 91.0 Å². The summed E-state index contributed by atoms with van der Waals surface area (Å²) in [4.78, 5) is 62.7. The number of hydrogen-bond acceptors (Lipinski definition) is 5. The van der Waals surface area contributed by atoms with Crippen LogP contribution in [0.25, 0.3) is 0 Å². The maximum absolute atomic E-state index is 13.4. The first-order chi connectivity index (χ1) is 18.8. The summed E-state index contributed by atoms with van der Waals surface area (Å²) in [5, 5.41) is 7.73. The molecule has 3 aromatic rings. The van der Waals surface area contributed by atoms with Crippen molar-refractivity contribution in [1.29, 1.82) is 0 Å². The quantitative estimate of drug-likeness (QED) is 0.185. The Morgan fingerprint density at radius 2 is 1.23 bits per heavy atom. The van der Waals surface area contributed by atoms with Crippen molar-refractivity contribution >= 4 is 29.4 Å². The highest BCUT2D eigenvalue weighted by Gasteiger charge is 2.30. The number of ketones is 1. The molecule has 201 valence electrons. The van der Waals surface area contributed by atoms with Gasteiger partial charge in [-0.05, 0) is 29.5 Å². The summed E-state index contributed by atoms with van der Waals surface area (Å²) >= 11 is 0. The molecule has 0 aromatic heterocycles. The molecule has 0 fully saturated rings. The molecule has 0 bridgehead atoms. The highest BCUT2D eigenvalue weighted by atomic mass is 16.2. The molecular formula is C30H31N4O5. The van der Waals surface area contributed by atoms with Crippen LogP contribution in [0.3, 0.4) is 0 Å². The van der Waals surface area contributed by atoms with Crippen molar-refractivity contribution in [1.82, 2.24) is 16.0 Å². The summed E-state index contributed by atoms with van der Waals surface area (Å²) in [6.45, 7) is 0.149. The van der Waals surface area contributed by atoms with E-state index in [2.05, 4.69) is 16.0 Å². The van der Waals surface area contributed by atoms with Crippen LogP contribution in [0.1, 0.15) is 23.1 Å². The summed E-state index contributed by atoms with van der Waals surface area (Å²) in [6.07, 6.45) is 1.33. The van der Waals surface area contributed by atoms with Gasteiger partial charge in [0, 0.05) is 13.0 Å². The number of carbonyl (C=O) groups is 5. The molecule has 3 rings (SSSR count). The van der Waals surface area contributed by atoms with Crippen molar-refractivity contribution in [2.45, 2.75) is 37.9 Å². The van der Waals surface area contributed by atoms with Crippen LogP contribution in [0.5, 0.6) is 0 Å². The number of carbonyl (C=O) groups excluding carboxylic acids is 5. The molecule has 9 heteroatoms. The fourth-order valence-electron chi connectivity index (χ4n) is 3.92.